The summed E-state index contributed by atoms with van der Waals surface area (Å²) in [4.78, 5) is 2.47. The summed E-state index contributed by atoms with van der Waals surface area (Å²) in [5, 5.41) is 0. The van der Waals surface area contributed by atoms with Crippen LogP contribution >= 0.6 is 0 Å². The van der Waals surface area contributed by atoms with Crippen molar-refractivity contribution in [2.75, 3.05) is 39.5 Å². The standard InChI is InChI=1S/C14H29NO2/c1-3-5-7-14(4-2)17-11-6-8-15-9-12-16-13-10-15/h14H,3-13H2,1-2H3. The van der Waals surface area contributed by atoms with E-state index in [4.69, 9.17) is 9.47 Å². The highest BCUT2D eigenvalue weighted by molar-refractivity contribution is 4.62. The molecule has 3 nitrogen and oxygen atoms in total. The molecule has 0 N–H and O–H groups in total. The lowest BCUT2D eigenvalue weighted by Crippen LogP contribution is -2.37. The summed E-state index contributed by atoms with van der Waals surface area (Å²) in [6.45, 7) is 10.5. The Labute approximate surface area is 106 Å². The summed E-state index contributed by atoms with van der Waals surface area (Å²) in [5.74, 6) is 0. The van der Waals surface area contributed by atoms with Crippen LogP contribution in [0, 0.1) is 0 Å². The Morgan fingerprint density at radius 3 is 2.59 bits per heavy atom. The summed E-state index contributed by atoms with van der Waals surface area (Å²) in [7, 11) is 0. The molecular weight excluding hydrogens is 214 g/mol. The zero-order valence-corrected chi connectivity index (χ0v) is 11.6. The molecule has 1 rings (SSSR count). The van der Waals surface area contributed by atoms with Gasteiger partial charge in [-0.1, -0.05) is 26.7 Å². The van der Waals surface area contributed by atoms with Crippen LogP contribution in [0.25, 0.3) is 0 Å². The Morgan fingerprint density at radius 2 is 1.94 bits per heavy atom. The van der Waals surface area contributed by atoms with Crippen molar-refractivity contribution >= 4 is 0 Å². The van der Waals surface area contributed by atoms with E-state index in [-0.39, 0.29) is 0 Å². The highest BCUT2D eigenvalue weighted by Crippen LogP contribution is 2.09. The maximum Gasteiger partial charge on any atom is 0.0594 e. The molecule has 1 aliphatic rings. The van der Waals surface area contributed by atoms with Crippen molar-refractivity contribution < 1.29 is 9.47 Å². The van der Waals surface area contributed by atoms with E-state index in [9.17, 15) is 0 Å². The van der Waals surface area contributed by atoms with Crippen LogP contribution in [0.2, 0.25) is 0 Å². The molecule has 0 bridgehead atoms. The first kappa shape index (κ1) is 14.9. The van der Waals surface area contributed by atoms with Crippen LogP contribution in [0.4, 0.5) is 0 Å². The number of hydrogen-bond acceptors (Lipinski definition) is 3. The molecule has 1 aliphatic heterocycles. The number of rotatable bonds is 9. The fourth-order valence-electron chi connectivity index (χ4n) is 2.20. The van der Waals surface area contributed by atoms with Crippen LogP contribution in [0.5, 0.6) is 0 Å². The van der Waals surface area contributed by atoms with Crippen molar-refractivity contribution in [2.45, 2.75) is 52.1 Å². The summed E-state index contributed by atoms with van der Waals surface area (Å²) in [5.41, 5.74) is 0. The Kier molecular flexibility index (Phi) is 8.67. The average molecular weight is 243 g/mol. The first-order valence-electron chi connectivity index (χ1n) is 7.28. The van der Waals surface area contributed by atoms with Gasteiger partial charge >= 0.3 is 0 Å². The van der Waals surface area contributed by atoms with E-state index in [0.717, 1.165) is 52.3 Å². The Morgan fingerprint density at radius 1 is 1.18 bits per heavy atom. The predicted octanol–water partition coefficient (Wildman–Crippen LogP) is 2.69. The first-order chi connectivity index (χ1) is 8.36. The molecule has 17 heavy (non-hydrogen) atoms. The Bertz CT molecular complexity index is 170. The molecule has 0 radical (unpaired) electrons. The van der Waals surface area contributed by atoms with E-state index in [1.54, 1.807) is 0 Å². The molecule has 0 aliphatic carbocycles. The lowest BCUT2D eigenvalue weighted by atomic mass is 10.1. The molecule has 1 unspecified atom stereocenters. The minimum atomic E-state index is 0.486. The minimum absolute atomic E-state index is 0.486. The molecule has 102 valence electrons. The van der Waals surface area contributed by atoms with Crippen LogP contribution in [0.1, 0.15) is 46.0 Å². The molecule has 1 atom stereocenters. The molecule has 1 heterocycles. The van der Waals surface area contributed by atoms with E-state index in [1.165, 1.54) is 19.3 Å². The molecule has 0 aromatic rings. The first-order valence-corrected chi connectivity index (χ1v) is 7.28. The number of ether oxygens (including phenoxy) is 2. The van der Waals surface area contributed by atoms with Gasteiger partial charge in [-0.15, -0.1) is 0 Å². The van der Waals surface area contributed by atoms with Crippen LogP contribution in [-0.4, -0.2) is 50.5 Å². The second-order valence-corrected chi connectivity index (χ2v) is 4.85. The topological polar surface area (TPSA) is 21.7 Å². The number of unbranched alkanes of at least 4 members (excludes halogenated alkanes) is 1. The van der Waals surface area contributed by atoms with Gasteiger partial charge in [-0.2, -0.15) is 0 Å². The van der Waals surface area contributed by atoms with Gasteiger partial charge in [0.2, 0.25) is 0 Å². The highest BCUT2D eigenvalue weighted by atomic mass is 16.5. The van der Waals surface area contributed by atoms with E-state index in [0.29, 0.717) is 6.10 Å². The van der Waals surface area contributed by atoms with Gasteiger partial charge in [-0.3, -0.25) is 4.90 Å². The molecule has 0 saturated carbocycles. The molecule has 0 amide bonds. The molecule has 1 fully saturated rings. The summed E-state index contributed by atoms with van der Waals surface area (Å²) < 4.78 is 11.3. The predicted molar refractivity (Wildman–Crippen MR) is 71.4 cm³/mol. The van der Waals surface area contributed by atoms with Crippen molar-refractivity contribution in [2.24, 2.45) is 0 Å². The smallest absolute Gasteiger partial charge is 0.0594 e. The van der Waals surface area contributed by atoms with Crippen LogP contribution in [0.3, 0.4) is 0 Å². The van der Waals surface area contributed by atoms with Gasteiger partial charge in [0.15, 0.2) is 0 Å². The lowest BCUT2D eigenvalue weighted by molar-refractivity contribution is 0.0172. The van der Waals surface area contributed by atoms with Gasteiger partial charge < -0.3 is 9.47 Å². The van der Waals surface area contributed by atoms with Crippen molar-refractivity contribution in [3.05, 3.63) is 0 Å². The normalized spacial score (nSPS) is 19.4. The monoisotopic (exact) mass is 243 g/mol. The third-order valence-electron chi connectivity index (χ3n) is 3.41. The van der Waals surface area contributed by atoms with Gasteiger partial charge in [0.1, 0.15) is 0 Å². The highest BCUT2D eigenvalue weighted by Gasteiger charge is 2.10. The fraction of sp³-hybridized carbons (Fsp3) is 1.00. The van der Waals surface area contributed by atoms with Crippen molar-refractivity contribution in [1.29, 1.82) is 0 Å². The Balaban J connectivity index is 1.97. The maximum absolute atomic E-state index is 5.93. The van der Waals surface area contributed by atoms with Gasteiger partial charge in [0.25, 0.3) is 0 Å². The zero-order chi connectivity index (χ0) is 12.3. The van der Waals surface area contributed by atoms with Crippen LogP contribution in [0.15, 0.2) is 0 Å². The quantitative estimate of drug-likeness (QED) is 0.581. The second-order valence-electron chi connectivity index (χ2n) is 4.85. The largest absolute Gasteiger partial charge is 0.379 e. The fourth-order valence-corrected chi connectivity index (χ4v) is 2.20. The van der Waals surface area contributed by atoms with Gasteiger partial charge in [-0.25, -0.2) is 0 Å². The number of morpholine rings is 1. The zero-order valence-electron chi connectivity index (χ0n) is 11.6. The van der Waals surface area contributed by atoms with Gasteiger partial charge in [0, 0.05) is 26.2 Å². The van der Waals surface area contributed by atoms with E-state index < -0.39 is 0 Å². The Hall–Kier alpha value is -0.120. The summed E-state index contributed by atoms with van der Waals surface area (Å²) in [6, 6.07) is 0. The number of nitrogens with zero attached hydrogens (tertiary/aromatic N) is 1. The minimum Gasteiger partial charge on any atom is -0.379 e. The van der Waals surface area contributed by atoms with E-state index >= 15 is 0 Å². The van der Waals surface area contributed by atoms with E-state index in [1.807, 2.05) is 0 Å². The van der Waals surface area contributed by atoms with Gasteiger partial charge in [-0.05, 0) is 19.3 Å². The molecule has 0 aromatic carbocycles. The van der Waals surface area contributed by atoms with Crippen molar-refractivity contribution in [3.8, 4) is 0 Å². The number of hydrogen-bond donors (Lipinski definition) is 0. The summed E-state index contributed by atoms with van der Waals surface area (Å²) in [6.07, 6.45) is 6.58. The molecule has 0 spiro atoms. The van der Waals surface area contributed by atoms with Crippen molar-refractivity contribution in [3.63, 3.8) is 0 Å². The molecular formula is C14H29NO2. The third kappa shape index (κ3) is 7.02. The van der Waals surface area contributed by atoms with Gasteiger partial charge in [0.05, 0.1) is 19.3 Å². The van der Waals surface area contributed by atoms with Crippen LogP contribution in [-0.2, 0) is 9.47 Å². The average Bonchev–Trinajstić information content (AvgIpc) is 2.39. The molecule has 1 saturated heterocycles. The molecule has 3 heteroatoms. The van der Waals surface area contributed by atoms with E-state index in [2.05, 4.69) is 18.7 Å². The summed E-state index contributed by atoms with van der Waals surface area (Å²) >= 11 is 0. The second kappa shape index (κ2) is 9.86. The third-order valence-corrected chi connectivity index (χ3v) is 3.41. The lowest BCUT2D eigenvalue weighted by Gasteiger charge is -2.26. The van der Waals surface area contributed by atoms with Crippen LogP contribution < -0.4 is 0 Å². The van der Waals surface area contributed by atoms with Crippen molar-refractivity contribution in [1.82, 2.24) is 4.90 Å². The maximum atomic E-state index is 5.93. The SMILES string of the molecule is CCCCC(CC)OCCCN1CCOCC1. The molecule has 0 aromatic heterocycles.